The second-order valence-electron chi connectivity index (χ2n) is 6.33. The Morgan fingerprint density at radius 3 is 2.67 bits per heavy atom. The molecule has 0 saturated carbocycles. The average molecular weight is 357 g/mol. The van der Waals surface area contributed by atoms with E-state index in [1.807, 2.05) is 6.07 Å². The molecule has 27 heavy (non-hydrogen) atoms. The fourth-order valence-electron chi connectivity index (χ4n) is 3.03. The third-order valence-electron chi connectivity index (χ3n) is 4.52. The smallest absolute Gasteiger partial charge is 0.321 e. The molecule has 0 fully saturated rings. The topological polar surface area (TPSA) is 118 Å². The van der Waals surface area contributed by atoms with Crippen LogP contribution in [0.5, 0.6) is 5.75 Å². The summed E-state index contributed by atoms with van der Waals surface area (Å²) in [6.45, 7) is -0.758. The van der Waals surface area contributed by atoms with Crippen LogP contribution in [0.4, 0.5) is 0 Å². The van der Waals surface area contributed by atoms with E-state index in [2.05, 4.69) is 22.0 Å². The number of hydrogen-bond acceptors (Lipinski definition) is 6. The first-order valence-corrected chi connectivity index (χ1v) is 8.70. The van der Waals surface area contributed by atoms with Gasteiger partial charge in [0.05, 0.1) is 6.20 Å². The number of rotatable bonds is 7. The first-order valence-electron chi connectivity index (χ1n) is 8.70. The van der Waals surface area contributed by atoms with Crippen molar-refractivity contribution in [3.05, 3.63) is 42.7 Å². The zero-order valence-corrected chi connectivity index (χ0v) is 14.7. The van der Waals surface area contributed by atoms with E-state index in [1.54, 1.807) is 41.2 Å². The summed E-state index contributed by atoms with van der Waals surface area (Å²) in [5.41, 5.74) is 2.77. The van der Waals surface area contributed by atoms with Gasteiger partial charge in [-0.05, 0) is 30.1 Å². The maximum atomic E-state index is 9.72. The number of aromatic hydroxyl groups is 1. The molecule has 0 radical (unpaired) electrons. The number of fused-ring (bicyclic) bond motifs is 1. The fraction of sp³-hybridized carbons (Fsp3) is 0.222. The number of aromatic nitrogens is 3. The van der Waals surface area contributed by atoms with Crippen LogP contribution in [-0.4, -0.2) is 44.8 Å². The van der Waals surface area contributed by atoms with Crippen LogP contribution in [0, 0.1) is 22.5 Å². The van der Waals surface area contributed by atoms with Gasteiger partial charge in [0.15, 0.2) is 5.65 Å². The number of nitrogens with zero attached hydrogens (tertiary/aromatic N) is 5. The Morgan fingerprint density at radius 1 is 1.11 bits per heavy atom. The summed E-state index contributed by atoms with van der Waals surface area (Å²) < 4.78 is 1.63. The zero-order valence-electron chi connectivity index (χ0n) is 14.7. The third kappa shape index (κ3) is 4.11. The van der Waals surface area contributed by atoms with Crippen LogP contribution < -0.4 is 5.59 Å². The van der Waals surface area contributed by atoms with Crippen LogP contribution in [0.3, 0.4) is 0 Å². The van der Waals surface area contributed by atoms with Crippen molar-refractivity contribution in [2.75, 3.05) is 6.61 Å². The lowest BCUT2D eigenvalue weighted by molar-refractivity contribution is 0.317. The van der Waals surface area contributed by atoms with Gasteiger partial charge in [-0.15, -0.1) is 0 Å². The van der Waals surface area contributed by atoms with Gasteiger partial charge in [-0.25, -0.2) is 20.0 Å². The Hall–Kier alpha value is -3.29. The molecule has 0 aliphatic rings. The fourth-order valence-corrected chi connectivity index (χ4v) is 3.03. The van der Waals surface area contributed by atoms with Gasteiger partial charge in [0, 0.05) is 35.9 Å². The van der Waals surface area contributed by atoms with Crippen molar-refractivity contribution in [2.24, 2.45) is 0 Å². The molecule has 0 unspecified atom stereocenters. The van der Waals surface area contributed by atoms with Gasteiger partial charge in [0.25, 0.3) is 6.71 Å². The molecule has 0 aliphatic heterocycles. The Labute approximate surface area is 157 Å². The summed E-state index contributed by atoms with van der Waals surface area (Å²) in [4.78, 5) is 4.63. The van der Waals surface area contributed by atoms with E-state index in [1.165, 1.54) is 0 Å². The molecular weight excluding hydrogens is 340 g/mol. The molecule has 7 nitrogen and oxygen atoms in total. The normalized spacial score (nSPS) is 10.3. The molecule has 0 atom stereocenters. The molecule has 0 amide bonds. The summed E-state index contributed by atoms with van der Waals surface area (Å²) in [5.74, 6) is 4.59. The average Bonchev–Trinajstić information content (AvgIpc) is 3.11. The summed E-state index contributed by atoms with van der Waals surface area (Å²) in [6.07, 6.45) is 4.86. The molecular formula is C18H17B2N5O2. The van der Waals surface area contributed by atoms with Crippen molar-refractivity contribution < 1.29 is 10.2 Å². The highest BCUT2D eigenvalue weighted by Crippen LogP contribution is 2.25. The van der Waals surface area contributed by atoms with Crippen LogP contribution in [0.25, 0.3) is 16.8 Å². The molecule has 2 heterocycles. The van der Waals surface area contributed by atoms with Crippen LogP contribution in [0.15, 0.2) is 42.7 Å². The molecule has 132 valence electrons. The molecule has 0 bridgehead atoms. The van der Waals surface area contributed by atoms with Crippen molar-refractivity contribution in [1.82, 2.24) is 14.6 Å². The van der Waals surface area contributed by atoms with Crippen molar-refractivity contribution in [3.8, 4) is 28.8 Å². The number of phenolic OH excluding ortho intramolecular Hbond substituents is 1. The summed E-state index contributed by atoms with van der Waals surface area (Å²) >= 11 is 0. The largest absolute Gasteiger partial charge is 0.508 e. The molecule has 1 aromatic carbocycles. The van der Waals surface area contributed by atoms with Gasteiger partial charge >= 0.3 is 6.71 Å². The minimum absolute atomic E-state index is 0.0389. The second-order valence-corrected chi connectivity index (χ2v) is 6.33. The Balaban J connectivity index is 1.90. The first kappa shape index (κ1) is 18.5. The van der Waals surface area contributed by atoms with Crippen molar-refractivity contribution >= 4 is 24.7 Å². The van der Waals surface area contributed by atoms with Gasteiger partial charge in [0.2, 0.25) is 0 Å². The minimum atomic E-state index is -0.448. The third-order valence-corrected chi connectivity index (χ3v) is 4.52. The Bertz CT molecular complexity index is 1020. The minimum Gasteiger partial charge on any atom is -0.508 e. The van der Waals surface area contributed by atoms with Crippen LogP contribution in [0.1, 0.15) is 0 Å². The highest BCUT2D eigenvalue weighted by Gasteiger charge is 2.23. The SMILES string of the molecule is N#CB(CCO)CCB(C#N)c1ccn2ncc(-c3cccc(O)c3)c2n1. The maximum absolute atomic E-state index is 9.72. The van der Waals surface area contributed by atoms with Gasteiger partial charge in [-0.2, -0.15) is 5.10 Å². The lowest BCUT2D eigenvalue weighted by atomic mass is 9.37. The number of phenols is 1. The van der Waals surface area contributed by atoms with E-state index in [9.17, 15) is 10.4 Å². The monoisotopic (exact) mass is 357 g/mol. The molecule has 0 aliphatic carbocycles. The summed E-state index contributed by atoms with van der Waals surface area (Å²) in [7, 11) is 0. The summed E-state index contributed by atoms with van der Waals surface area (Å²) in [6, 6.07) is 8.60. The molecule has 2 N–H and O–H groups in total. The zero-order chi connectivity index (χ0) is 19.2. The van der Waals surface area contributed by atoms with Crippen molar-refractivity contribution in [2.45, 2.75) is 19.0 Å². The quantitative estimate of drug-likeness (QED) is 0.618. The second kappa shape index (κ2) is 8.39. The number of aliphatic hydroxyl groups excluding tert-OH is 1. The lowest BCUT2D eigenvalue weighted by Crippen LogP contribution is -2.33. The first-order chi connectivity index (χ1) is 13.2. The molecule has 3 aromatic rings. The van der Waals surface area contributed by atoms with Crippen molar-refractivity contribution in [3.63, 3.8) is 0 Å². The maximum Gasteiger partial charge on any atom is 0.321 e. The van der Waals surface area contributed by atoms with Gasteiger partial charge < -0.3 is 10.2 Å². The van der Waals surface area contributed by atoms with Crippen molar-refractivity contribution in [1.29, 1.82) is 10.5 Å². The van der Waals surface area contributed by atoms with E-state index >= 15 is 0 Å². The Kier molecular flexibility index (Phi) is 5.75. The number of aliphatic hydroxyl groups is 1. The number of benzene rings is 1. The highest BCUT2D eigenvalue weighted by atomic mass is 16.3. The lowest BCUT2D eigenvalue weighted by Gasteiger charge is -2.08. The Morgan fingerprint density at radius 2 is 1.96 bits per heavy atom. The predicted molar refractivity (Wildman–Crippen MR) is 104 cm³/mol. The van der Waals surface area contributed by atoms with Crippen LogP contribution >= 0.6 is 0 Å². The standard InChI is InChI=1S/C18H17B2N5O2/c21-12-19(7-9-26)5-6-20(13-22)17-4-8-25-18(24-17)16(11-23-25)14-2-1-3-15(27)10-14/h1-4,8,10-11,26-27H,5-7,9H2. The van der Waals surface area contributed by atoms with Crippen LogP contribution in [0.2, 0.25) is 19.0 Å². The van der Waals surface area contributed by atoms with Gasteiger partial charge in [-0.1, -0.05) is 24.8 Å². The molecule has 2 aromatic heterocycles. The molecule has 0 saturated heterocycles. The van der Waals surface area contributed by atoms with Gasteiger partial charge in [0.1, 0.15) is 5.75 Å². The van der Waals surface area contributed by atoms with Crippen LogP contribution in [-0.2, 0) is 0 Å². The molecule has 0 spiro atoms. The summed E-state index contributed by atoms with van der Waals surface area (Å²) in [5, 5.41) is 41.7. The molecule has 9 heteroatoms. The highest BCUT2D eigenvalue weighted by molar-refractivity contribution is 6.81. The number of nitriles is 2. The molecule has 3 rings (SSSR count). The van der Waals surface area contributed by atoms with E-state index in [0.29, 0.717) is 30.2 Å². The van der Waals surface area contributed by atoms with E-state index in [-0.39, 0.29) is 19.1 Å². The number of hydrogen-bond donors (Lipinski definition) is 2. The predicted octanol–water partition coefficient (Wildman–Crippen LogP) is 1.42. The van der Waals surface area contributed by atoms with E-state index in [0.717, 1.165) is 11.1 Å². The van der Waals surface area contributed by atoms with E-state index in [4.69, 9.17) is 10.4 Å². The van der Waals surface area contributed by atoms with E-state index < -0.39 is 6.71 Å². The van der Waals surface area contributed by atoms with Gasteiger partial charge in [-0.3, -0.25) is 0 Å².